The predicted molar refractivity (Wildman–Crippen MR) is 47.5 cm³/mol. The molecule has 0 spiro atoms. The Morgan fingerprint density at radius 2 is 2.00 bits per heavy atom. The largest absolute Gasteiger partial charge is 0.392 e. The summed E-state index contributed by atoms with van der Waals surface area (Å²) in [7, 11) is 0. The van der Waals surface area contributed by atoms with E-state index in [0.29, 0.717) is 6.07 Å². The lowest BCUT2D eigenvalue weighted by Gasteiger charge is -2.02. The number of benzene rings is 1. The number of anilines is 1. The molecule has 2 N–H and O–H groups in total. The molecule has 0 aliphatic rings. The van der Waals surface area contributed by atoms with Gasteiger partial charge < -0.3 is 5.73 Å². The molecule has 0 atom stereocenters. The molecule has 70 valence electrons. The molecule has 1 aromatic carbocycles. The van der Waals surface area contributed by atoms with E-state index in [1.54, 1.807) is 0 Å². The lowest BCUT2D eigenvalue weighted by atomic mass is 10.2. The van der Waals surface area contributed by atoms with Gasteiger partial charge >= 0.3 is 0 Å². The topological polar surface area (TPSA) is 69.2 Å². The van der Waals surface area contributed by atoms with E-state index in [4.69, 9.17) is 28.9 Å². The lowest BCUT2D eigenvalue weighted by molar-refractivity contribution is -0.384. The highest BCUT2D eigenvalue weighted by atomic mass is 35.5. The number of hydrogen-bond donors (Lipinski definition) is 1. The normalized spacial score (nSPS) is 10.1. The first-order valence-corrected chi connectivity index (χ1v) is 3.78. The second-order valence-electron chi connectivity index (χ2n) is 2.18. The van der Waals surface area contributed by atoms with Crippen molar-refractivity contribution >= 4 is 34.6 Å². The lowest BCUT2D eigenvalue weighted by Crippen LogP contribution is -1.98. The molecule has 0 aliphatic carbocycles. The van der Waals surface area contributed by atoms with Crippen LogP contribution in [0.2, 0.25) is 10.0 Å². The molecular weight excluding hydrogens is 222 g/mol. The molecule has 0 saturated carbocycles. The molecule has 0 aromatic heterocycles. The number of halogens is 3. The van der Waals surface area contributed by atoms with E-state index in [1.807, 2.05) is 0 Å². The number of nitro benzene ring substituents is 1. The van der Waals surface area contributed by atoms with Gasteiger partial charge in [0.1, 0.15) is 11.5 Å². The van der Waals surface area contributed by atoms with Crippen molar-refractivity contribution in [3.8, 4) is 0 Å². The number of hydrogen-bond acceptors (Lipinski definition) is 3. The fourth-order valence-corrected chi connectivity index (χ4v) is 1.09. The van der Waals surface area contributed by atoms with Crippen molar-refractivity contribution in [2.45, 2.75) is 0 Å². The van der Waals surface area contributed by atoms with E-state index in [0.717, 1.165) is 0 Å². The quantitative estimate of drug-likeness (QED) is 0.345. The second-order valence-corrected chi connectivity index (χ2v) is 2.93. The third-order valence-electron chi connectivity index (χ3n) is 1.37. The standard InChI is InChI=1S/C6H3Cl2FN2O2/c7-4-2(9)1-3(11(12)13)6(10)5(4)8/h1H,10H2. The van der Waals surface area contributed by atoms with Crippen molar-refractivity contribution in [1.29, 1.82) is 0 Å². The summed E-state index contributed by atoms with van der Waals surface area (Å²) >= 11 is 10.8. The fraction of sp³-hybridized carbons (Fsp3) is 0. The average molecular weight is 225 g/mol. The van der Waals surface area contributed by atoms with Gasteiger partial charge in [-0.15, -0.1) is 0 Å². The maximum Gasteiger partial charge on any atom is 0.296 e. The Kier molecular flexibility index (Phi) is 2.58. The minimum atomic E-state index is -0.965. The van der Waals surface area contributed by atoms with Crippen molar-refractivity contribution in [2.75, 3.05) is 5.73 Å². The highest BCUT2D eigenvalue weighted by molar-refractivity contribution is 6.44. The van der Waals surface area contributed by atoms with Crippen LogP contribution in [0, 0.1) is 15.9 Å². The van der Waals surface area contributed by atoms with Crippen LogP contribution >= 0.6 is 23.2 Å². The van der Waals surface area contributed by atoms with Crippen LogP contribution in [0.4, 0.5) is 15.8 Å². The van der Waals surface area contributed by atoms with Crippen LogP contribution < -0.4 is 5.73 Å². The molecule has 0 saturated heterocycles. The van der Waals surface area contributed by atoms with Gasteiger partial charge in [-0.1, -0.05) is 23.2 Å². The first kappa shape index (κ1) is 10.0. The van der Waals surface area contributed by atoms with Crippen LogP contribution in [0.3, 0.4) is 0 Å². The number of nitro groups is 1. The fourth-order valence-electron chi connectivity index (χ4n) is 0.748. The van der Waals surface area contributed by atoms with Crippen LogP contribution in [0.15, 0.2) is 6.07 Å². The Labute approximate surface area is 82.2 Å². The van der Waals surface area contributed by atoms with Gasteiger partial charge in [0.15, 0.2) is 0 Å². The molecule has 1 aromatic rings. The van der Waals surface area contributed by atoms with Gasteiger partial charge in [0.25, 0.3) is 5.69 Å². The van der Waals surface area contributed by atoms with Crippen LogP contribution in [-0.4, -0.2) is 4.92 Å². The molecule has 4 nitrogen and oxygen atoms in total. The Morgan fingerprint density at radius 1 is 1.46 bits per heavy atom. The molecule has 0 fully saturated rings. The number of nitrogen functional groups attached to an aromatic ring is 1. The maximum atomic E-state index is 12.8. The average Bonchev–Trinajstić information content (AvgIpc) is 2.07. The summed E-state index contributed by atoms with van der Waals surface area (Å²) in [5.41, 5.74) is 4.30. The van der Waals surface area contributed by atoms with Gasteiger partial charge in [-0.3, -0.25) is 10.1 Å². The third kappa shape index (κ3) is 1.66. The van der Waals surface area contributed by atoms with Gasteiger partial charge in [0, 0.05) is 0 Å². The summed E-state index contributed by atoms with van der Waals surface area (Å²) in [5, 5.41) is 9.54. The van der Waals surface area contributed by atoms with Crippen LogP contribution in [-0.2, 0) is 0 Å². The smallest absolute Gasteiger partial charge is 0.296 e. The van der Waals surface area contributed by atoms with E-state index in [-0.39, 0.29) is 10.7 Å². The molecule has 0 bridgehead atoms. The Morgan fingerprint density at radius 3 is 2.46 bits per heavy atom. The summed E-state index contributed by atoms with van der Waals surface area (Å²) in [5.74, 6) is -0.965. The summed E-state index contributed by atoms with van der Waals surface area (Å²) in [6.45, 7) is 0. The van der Waals surface area contributed by atoms with Crippen molar-refractivity contribution < 1.29 is 9.31 Å². The minimum Gasteiger partial charge on any atom is -0.392 e. The highest BCUT2D eigenvalue weighted by Crippen LogP contribution is 2.36. The monoisotopic (exact) mass is 224 g/mol. The Hall–Kier alpha value is -1.07. The van der Waals surface area contributed by atoms with Crippen molar-refractivity contribution in [3.63, 3.8) is 0 Å². The zero-order chi connectivity index (χ0) is 10.2. The summed E-state index contributed by atoms with van der Waals surface area (Å²) in [6.07, 6.45) is 0. The summed E-state index contributed by atoms with van der Waals surface area (Å²) in [4.78, 5) is 9.46. The third-order valence-corrected chi connectivity index (χ3v) is 2.23. The number of rotatable bonds is 1. The molecule has 0 unspecified atom stereocenters. The maximum absolute atomic E-state index is 12.8. The van der Waals surface area contributed by atoms with Gasteiger partial charge in [0.2, 0.25) is 0 Å². The van der Waals surface area contributed by atoms with Crippen LogP contribution in [0.5, 0.6) is 0 Å². The van der Waals surface area contributed by atoms with E-state index < -0.39 is 21.5 Å². The molecule has 0 amide bonds. The van der Waals surface area contributed by atoms with Gasteiger partial charge in [-0.2, -0.15) is 0 Å². The molecule has 0 aliphatic heterocycles. The Balaban J connectivity index is 3.50. The molecule has 1 rings (SSSR count). The first-order chi connectivity index (χ1) is 5.95. The minimum absolute atomic E-state index is 0.335. The van der Waals surface area contributed by atoms with E-state index >= 15 is 0 Å². The van der Waals surface area contributed by atoms with Crippen molar-refractivity contribution in [1.82, 2.24) is 0 Å². The van der Waals surface area contributed by atoms with Crippen LogP contribution in [0.25, 0.3) is 0 Å². The predicted octanol–water partition coefficient (Wildman–Crippen LogP) is 2.62. The number of nitrogens with two attached hydrogens (primary N) is 1. The molecular formula is C6H3Cl2FN2O2. The summed E-state index contributed by atoms with van der Waals surface area (Å²) < 4.78 is 12.8. The van der Waals surface area contributed by atoms with Crippen LogP contribution in [0.1, 0.15) is 0 Å². The Bertz CT molecular complexity index is 383. The van der Waals surface area contributed by atoms with Crippen molar-refractivity contribution in [2.24, 2.45) is 0 Å². The van der Waals surface area contributed by atoms with Crippen molar-refractivity contribution in [3.05, 3.63) is 32.0 Å². The molecule has 0 radical (unpaired) electrons. The molecule has 13 heavy (non-hydrogen) atoms. The molecule has 7 heteroatoms. The van der Waals surface area contributed by atoms with Gasteiger partial charge in [0.05, 0.1) is 21.0 Å². The molecule has 0 heterocycles. The highest BCUT2D eigenvalue weighted by Gasteiger charge is 2.20. The van der Waals surface area contributed by atoms with Gasteiger partial charge in [-0.25, -0.2) is 4.39 Å². The number of nitrogens with zero attached hydrogens (tertiary/aromatic N) is 1. The SMILES string of the molecule is Nc1c([N+](=O)[O-])cc(F)c(Cl)c1Cl. The van der Waals surface area contributed by atoms with E-state index in [9.17, 15) is 14.5 Å². The zero-order valence-electron chi connectivity index (χ0n) is 6.05. The second kappa shape index (κ2) is 3.35. The summed E-state index contributed by atoms with van der Waals surface area (Å²) in [6, 6.07) is 0.629. The van der Waals surface area contributed by atoms with E-state index in [2.05, 4.69) is 0 Å². The first-order valence-electron chi connectivity index (χ1n) is 3.02. The van der Waals surface area contributed by atoms with Gasteiger partial charge in [-0.05, 0) is 0 Å². The zero-order valence-corrected chi connectivity index (χ0v) is 7.56. The van der Waals surface area contributed by atoms with E-state index in [1.165, 1.54) is 0 Å².